The van der Waals surface area contributed by atoms with Gasteiger partial charge >= 0.3 is 0 Å². The molecule has 7 nitrogen and oxygen atoms in total. The van der Waals surface area contributed by atoms with Crippen LogP contribution < -0.4 is 21.3 Å². The van der Waals surface area contributed by atoms with Crippen LogP contribution in [-0.2, 0) is 0 Å². The van der Waals surface area contributed by atoms with Gasteiger partial charge in [0, 0.05) is 17.6 Å². The van der Waals surface area contributed by atoms with Crippen LogP contribution in [0, 0.1) is 0 Å². The van der Waals surface area contributed by atoms with Gasteiger partial charge in [0.1, 0.15) is 18.5 Å². The summed E-state index contributed by atoms with van der Waals surface area (Å²) in [7, 11) is 0. The molecule has 0 amide bonds. The molecule has 2 aromatic rings. The van der Waals surface area contributed by atoms with E-state index in [2.05, 4.69) is 41.7 Å². The summed E-state index contributed by atoms with van der Waals surface area (Å²) in [5.41, 5.74) is 4.00. The first-order valence-corrected chi connectivity index (χ1v) is 7.84. The summed E-state index contributed by atoms with van der Waals surface area (Å²) in [5, 5.41) is 21.3. The smallest absolute Gasteiger partial charge is 0.162 e. The van der Waals surface area contributed by atoms with Gasteiger partial charge in [-0.2, -0.15) is 0 Å². The maximum atomic E-state index is 9.99. The average Bonchev–Trinajstić information content (AvgIpc) is 2.58. The molecule has 0 saturated heterocycles. The second-order valence-electron chi connectivity index (χ2n) is 6.57. The summed E-state index contributed by atoms with van der Waals surface area (Å²) in [6.45, 7) is 6.85. The molecule has 0 aliphatic carbocycles. The summed E-state index contributed by atoms with van der Waals surface area (Å²) in [4.78, 5) is 0. The Bertz CT molecular complexity index is 640. The third-order valence-electron chi connectivity index (χ3n) is 3.25. The fourth-order valence-corrected chi connectivity index (χ4v) is 1.98. The number of anilines is 1. The second kappa shape index (κ2) is 8.05. The van der Waals surface area contributed by atoms with Crippen LogP contribution in [0.4, 0.5) is 5.82 Å². The molecule has 7 heteroatoms. The van der Waals surface area contributed by atoms with E-state index in [0.29, 0.717) is 18.1 Å². The molecule has 1 unspecified atom stereocenters. The van der Waals surface area contributed by atoms with Crippen molar-refractivity contribution < 1.29 is 9.84 Å². The summed E-state index contributed by atoms with van der Waals surface area (Å²) >= 11 is 0. The van der Waals surface area contributed by atoms with Crippen LogP contribution in [0.1, 0.15) is 20.8 Å². The van der Waals surface area contributed by atoms with E-state index >= 15 is 0 Å². The Morgan fingerprint density at radius 3 is 2.62 bits per heavy atom. The number of ether oxygens (including phenoxy) is 1. The molecule has 2 rings (SSSR count). The van der Waals surface area contributed by atoms with Crippen molar-refractivity contribution in [2.45, 2.75) is 32.4 Å². The van der Waals surface area contributed by atoms with E-state index in [9.17, 15) is 5.11 Å². The Morgan fingerprint density at radius 2 is 2.00 bits per heavy atom. The monoisotopic (exact) mass is 331 g/mol. The number of aliphatic hydroxyl groups is 1. The maximum Gasteiger partial charge on any atom is 0.162 e. The fraction of sp³-hybridized carbons (Fsp3) is 0.412. The minimum absolute atomic E-state index is 0.0376. The van der Waals surface area contributed by atoms with E-state index in [4.69, 9.17) is 10.6 Å². The van der Waals surface area contributed by atoms with Gasteiger partial charge in [0.2, 0.25) is 0 Å². The number of hydrogen-bond acceptors (Lipinski definition) is 7. The van der Waals surface area contributed by atoms with Gasteiger partial charge in [-0.05, 0) is 45.0 Å². The number of hydrogen-bond donors (Lipinski definition) is 4. The van der Waals surface area contributed by atoms with Crippen LogP contribution in [0.2, 0.25) is 0 Å². The molecular formula is C17H25N5O2. The summed E-state index contributed by atoms with van der Waals surface area (Å²) in [5.74, 6) is 6.45. The molecule has 0 fully saturated rings. The first-order chi connectivity index (χ1) is 11.4. The lowest BCUT2D eigenvalue weighted by Gasteiger charge is -2.23. The van der Waals surface area contributed by atoms with Crippen LogP contribution in [0.3, 0.4) is 0 Å². The Balaban J connectivity index is 1.95. The number of aromatic nitrogens is 2. The number of nitrogens with one attached hydrogen (secondary N) is 2. The molecule has 0 saturated carbocycles. The number of rotatable bonds is 7. The highest BCUT2D eigenvalue weighted by atomic mass is 16.5. The highest BCUT2D eigenvalue weighted by Gasteiger charge is 2.12. The predicted molar refractivity (Wildman–Crippen MR) is 94.5 cm³/mol. The highest BCUT2D eigenvalue weighted by molar-refractivity contribution is 5.61. The zero-order chi connectivity index (χ0) is 17.6. The van der Waals surface area contributed by atoms with Crippen LogP contribution in [0.25, 0.3) is 11.3 Å². The lowest BCUT2D eigenvalue weighted by molar-refractivity contribution is 0.100. The van der Waals surface area contributed by atoms with Gasteiger partial charge < -0.3 is 20.6 Å². The van der Waals surface area contributed by atoms with Crippen molar-refractivity contribution in [1.29, 1.82) is 0 Å². The van der Waals surface area contributed by atoms with Gasteiger partial charge in [-0.15, -0.1) is 10.2 Å². The largest absolute Gasteiger partial charge is 0.491 e. The van der Waals surface area contributed by atoms with Gasteiger partial charge in [-0.25, -0.2) is 5.84 Å². The fourth-order valence-electron chi connectivity index (χ4n) is 1.98. The maximum absolute atomic E-state index is 9.99. The van der Waals surface area contributed by atoms with Crippen molar-refractivity contribution in [2.75, 3.05) is 18.6 Å². The molecule has 24 heavy (non-hydrogen) atoms. The molecule has 1 heterocycles. The summed E-state index contributed by atoms with van der Waals surface area (Å²) in [6, 6.07) is 11.1. The Kier molecular flexibility index (Phi) is 6.08. The third kappa shape index (κ3) is 5.77. The number of benzene rings is 1. The second-order valence-corrected chi connectivity index (χ2v) is 6.57. The van der Waals surface area contributed by atoms with E-state index in [0.717, 1.165) is 11.3 Å². The van der Waals surface area contributed by atoms with Crippen LogP contribution in [0.5, 0.6) is 5.75 Å². The van der Waals surface area contributed by atoms with Crippen molar-refractivity contribution >= 4 is 5.82 Å². The molecule has 1 aromatic carbocycles. The quantitative estimate of drug-likeness (QED) is 0.451. The van der Waals surface area contributed by atoms with Crippen LogP contribution in [0.15, 0.2) is 36.4 Å². The number of nitrogen functional groups attached to an aromatic ring is 1. The van der Waals surface area contributed by atoms with Crippen molar-refractivity contribution in [3.63, 3.8) is 0 Å². The molecule has 130 valence electrons. The van der Waals surface area contributed by atoms with Crippen molar-refractivity contribution in [3.8, 4) is 17.0 Å². The van der Waals surface area contributed by atoms with Gasteiger partial charge in [-0.3, -0.25) is 0 Å². The molecule has 0 spiro atoms. The SMILES string of the molecule is CC(C)(C)NCC(O)COc1cccc(-c2ccc(NN)nn2)c1. The minimum Gasteiger partial charge on any atom is -0.491 e. The normalized spacial score (nSPS) is 12.7. The lowest BCUT2D eigenvalue weighted by atomic mass is 10.1. The Hall–Kier alpha value is -2.22. The van der Waals surface area contributed by atoms with Crippen molar-refractivity contribution in [3.05, 3.63) is 36.4 Å². The summed E-state index contributed by atoms with van der Waals surface area (Å²) < 4.78 is 5.67. The van der Waals surface area contributed by atoms with E-state index in [1.54, 1.807) is 6.07 Å². The molecule has 0 aliphatic heterocycles. The van der Waals surface area contributed by atoms with E-state index < -0.39 is 6.10 Å². The predicted octanol–water partition coefficient (Wildman–Crippen LogP) is 1.56. The van der Waals surface area contributed by atoms with Crippen LogP contribution >= 0.6 is 0 Å². The van der Waals surface area contributed by atoms with Gasteiger partial charge in [0.15, 0.2) is 5.82 Å². The first-order valence-electron chi connectivity index (χ1n) is 7.84. The molecule has 1 atom stereocenters. The summed E-state index contributed by atoms with van der Waals surface area (Å²) in [6.07, 6.45) is -0.581. The molecule has 0 bridgehead atoms. The zero-order valence-corrected chi connectivity index (χ0v) is 14.3. The Morgan fingerprint density at radius 1 is 1.21 bits per heavy atom. The number of nitrogens with two attached hydrogens (primary N) is 1. The van der Waals surface area contributed by atoms with E-state index in [1.807, 2.05) is 30.3 Å². The average molecular weight is 331 g/mol. The lowest BCUT2D eigenvalue weighted by Crippen LogP contribution is -2.42. The number of hydrazine groups is 1. The molecule has 1 aromatic heterocycles. The first kappa shape index (κ1) is 18.1. The third-order valence-corrected chi connectivity index (χ3v) is 3.25. The van der Waals surface area contributed by atoms with Gasteiger partial charge in [0.25, 0.3) is 0 Å². The van der Waals surface area contributed by atoms with E-state index in [1.165, 1.54) is 0 Å². The van der Waals surface area contributed by atoms with Crippen molar-refractivity contribution in [1.82, 2.24) is 15.5 Å². The topological polar surface area (TPSA) is 105 Å². The minimum atomic E-state index is -0.581. The number of aliphatic hydroxyl groups excluding tert-OH is 1. The number of nitrogens with zero attached hydrogens (tertiary/aromatic N) is 2. The van der Waals surface area contributed by atoms with Crippen molar-refractivity contribution in [2.24, 2.45) is 5.84 Å². The Labute approximate surface area is 142 Å². The van der Waals surface area contributed by atoms with Gasteiger partial charge in [-0.1, -0.05) is 12.1 Å². The standard InChI is InChI=1S/C17H25N5O2/c1-17(2,3)19-10-13(23)11-24-14-6-4-5-12(9-14)15-7-8-16(20-18)22-21-15/h4-9,13,19,23H,10-11,18H2,1-3H3,(H,20,22). The van der Waals surface area contributed by atoms with Gasteiger partial charge in [0.05, 0.1) is 5.69 Å². The molecule has 0 aliphatic rings. The molecular weight excluding hydrogens is 306 g/mol. The number of β-amino-alcohol motifs (C(OH)–C–C–N with tert-alkyl or cyclic N) is 1. The van der Waals surface area contributed by atoms with E-state index in [-0.39, 0.29) is 12.1 Å². The zero-order valence-electron chi connectivity index (χ0n) is 14.3. The molecule has 0 radical (unpaired) electrons. The molecule has 5 N–H and O–H groups in total. The highest BCUT2D eigenvalue weighted by Crippen LogP contribution is 2.22. The van der Waals surface area contributed by atoms with Crippen LogP contribution in [-0.4, -0.2) is 40.1 Å².